The predicted molar refractivity (Wildman–Crippen MR) is 26.4 cm³/mol. The maximum absolute atomic E-state index is 9.45. The molecule has 0 bridgehead atoms. The van der Waals surface area contributed by atoms with E-state index in [0.717, 1.165) is 0 Å². The highest BCUT2D eigenvalue weighted by Gasteiger charge is 2.01. The third kappa shape index (κ3) is 18.9. The van der Waals surface area contributed by atoms with Gasteiger partial charge in [-0.2, -0.15) is 0 Å². The van der Waals surface area contributed by atoms with Crippen LogP contribution in [-0.2, 0) is 13.7 Å². The summed E-state index contributed by atoms with van der Waals surface area (Å²) in [7, 11) is -1.42. The molecule has 1 unspecified atom stereocenters. The molecule has 0 aliphatic rings. The number of rotatable bonds is 1. The highest BCUT2D eigenvalue weighted by atomic mass is 28.2. The van der Waals surface area contributed by atoms with E-state index >= 15 is 0 Å². The number of hydrogen-bond donors (Lipinski definition) is 2. The number of carboxylic acid groups (broad SMARTS) is 1. The van der Waals surface area contributed by atoms with Crippen LogP contribution < -0.4 is 0 Å². The van der Waals surface area contributed by atoms with Crippen molar-refractivity contribution in [1.82, 2.24) is 0 Å². The highest BCUT2D eigenvalue weighted by Crippen LogP contribution is 1.73. The molecule has 0 radical (unpaired) electrons. The van der Waals surface area contributed by atoms with Crippen LogP contribution in [0.1, 0.15) is 6.92 Å². The summed E-state index contributed by atoms with van der Waals surface area (Å²) in [4.78, 5) is 9.45. The molecule has 0 saturated carbocycles. The van der Waals surface area contributed by atoms with E-state index in [1.165, 1.54) is 6.92 Å². The van der Waals surface area contributed by atoms with E-state index in [-0.39, 0.29) is 0 Å². The van der Waals surface area contributed by atoms with Gasteiger partial charge in [0.1, 0.15) is 6.10 Å². The molecule has 2 N–H and O–H groups in total. The largest absolute Gasteiger partial charge is 0.549 e. The first-order valence-electron chi connectivity index (χ1n) is 1.96. The summed E-state index contributed by atoms with van der Waals surface area (Å²) < 4.78 is 16.8. The van der Waals surface area contributed by atoms with Gasteiger partial charge in [0.15, 0.2) is 0 Å². The quantitative estimate of drug-likeness (QED) is 0.460. The Morgan fingerprint density at radius 2 is 1.67 bits per heavy atom. The lowest BCUT2D eigenvalue weighted by Gasteiger charge is -1.89. The second kappa shape index (κ2) is 7.25. The Kier molecular flexibility index (Phi) is 8.94. The van der Waals surface area contributed by atoms with E-state index in [4.69, 9.17) is 19.1 Å². The molecule has 0 aliphatic carbocycles. The van der Waals surface area contributed by atoms with Crippen LogP contribution in [0.4, 0.5) is 0 Å². The third-order valence-electron chi connectivity index (χ3n) is 0.357. The van der Waals surface area contributed by atoms with Gasteiger partial charge in [-0.1, -0.05) is 0 Å². The van der Waals surface area contributed by atoms with E-state index in [1.54, 1.807) is 0 Å². The normalized spacial score (nSPS) is 10.0. The molecule has 9 heavy (non-hydrogen) atoms. The Morgan fingerprint density at radius 1 is 1.56 bits per heavy atom. The average molecular weight is 150 g/mol. The highest BCUT2D eigenvalue weighted by molar-refractivity contribution is 5.94. The lowest BCUT2D eigenvalue weighted by atomic mass is 10.4. The van der Waals surface area contributed by atoms with Gasteiger partial charge in [0.2, 0.25) is 0 Å². The zero-order chi connectivity index (χ0) is 7.86. The molecule has 0 aromatic rings. The van der Waals surface area contributed by atoms with Crippen LogP contribution >= 0.6 is 0 Å². The van der Waals surface area contributed by atoms with Crippen molar-refractivity contribution in [3.63, 3.8) is 0 Å². The summed E-state index contributed by atoms with van der Waals surface area (Å²) in [5, 5.41) is 15.8. The van der Waals surface area contributed by atoms with Gasteiger partial charge < -0.3 is 10.2 Å². The predicted octanol–water partition coefficient (Wildman–Crippen LogP) is -1.17. The van der Waals surface area contributed by atoms with Gasteiger partial charge in [-0.3, -0.25) is 8.92 Å². The van der Waals surface area contributed by atoms with E-state index < -0.39 is 21.4 Å². The number of carboxylic acids is 1. The molecule has 0 aliphatic heterocycles. The van der Waals surface area contributed by atoms with Crippen molar-refractivity contribution in [2.75, 3.05) is 0 Å². The van der Waals surface area contributed by atoms with Gasteiger partial charge in [0, 0.05) is 0 Å². The first kappa shape index (κ1) is 11.1. The van der Waals surface area contributed by atoms with Gasteiger partial charge in [-0.05, 0) is 6.92 Å². The summed E-state index contributed by atoms with van der Waals surface area (Å²) in [5.41, 5.74) is 0. The van der Waals surface area contributed by atoms with Crippen LogP contribution in [0.2, 0.25) is 0 Å². The molecule has 0 heterocycles. The molecule has 6 heteroatoms. The molecule has 0 fully saturated rings. The van der Waals surface area contributed by atoms with Crippen molar-refractivity contribution >= 4 is 15.3 Å². The Morgan fingerprint density at radius 3 is 1.67 bits per heavy atom. The number of hydrogen-bond acceptors (Lipinski definition) is 4. The Balaban J connectivity index is 0. The SMILES string of the molecule is CC(O)C(=O)O.O=[Si]=O. The van der Waals surface area contributed by atoms with Crippen LogP contribution in [0.25, 0.3) is 0 Å². The zero-order valence-corrected chi connectivity index (χ0v) is 5.70. The molecular weight excluding hydrogens is 144 g/mol. The standard InChI is InChI=1S/C3H6O3.O2Si/c1-2(4)3(5)6;1-3-2/h2,4H,1H3,(H,5,6);. The van der Waals surface area contributed by atoms with Gasteiger partial charge >= 0.3 is 15.3 Å². The fourth-order valence-electron chi connectivity index (χ4n) is 0. The molecule has 1 atom stereocenters. The monoisotopic (exact) mass is 150 g/mol. The van der Waals surface area contributed by atoms with Crippen molar-refractivity contribution in [2.24, 2.45) is 0 Å². The minimum absolute atomic E-state index is 1.19. The maximum atomic E-state index is 9.45. The summed E-state index contributed by atoms with van der Waals surface area (Å²) >= 11 is 0. The van der Waals surface area contributed by atoms with E-state index in [2.05, 4.69) is 0 Å². The summed E-state index contributed by atoms with van der Waals surface area (Å²) in [6.45, 7) is 1.20. The lowest BCUT2D eigenvalue weighted by Crippen LogP contribution is -2.13. The fraction of sp³-hybridized carbons (Fsp3) is 0.667. The maximum Gasteiger partial charge on any atom is 0.549 e. The van der Waals surface area contributed by atoms with E-state index in [1.807, 2.05) is 0 Å². The van der Waals surface area contributed by atoms with Crippen LogP contribution in [-0.4, -0.2) is 31.6 Å². The van der Waals surface area contributed by atoms with Gasteiger partial charge in [0.25, 0.3) is 0 Å². The first-order valence-corrected chi connectivity index (χ1v) is 2.78. The Labute approximate surface area is 53.3 Å². The Hall–Kier alpha value is -0.753. The fourth-order valence-corrected chi connectivity index (χ4v) is 0. The molecule has 0 aromatic carbocycles. The molecule has 5 nitrogen and oxygen atoms in total. The van der Waals surface area contributed by atoms with Gasteiger partial charge in [-0.25, -0.2) is 4.79 Å². The van der Waals surface area contributed by atoms with Gasteiger partial charge in [0.05, 0.1) is 0 Å². The van der Waals surface area contributed by atoms with Crippen molar-refractivity contribution in [2.45, 2.75) is 13.0 Å². The molecule has 0 rings (SSSR count). The topological polar surface area (TPSA) is 91.7 Å². The molecule has 0 spiro atoms. The minimum atomic E-state index is -1.42. The van der Waals surface area contributed by atoms with Crippen LogP contribution in [0.3, 0.4) is 0 Å². The minimum Gasteiger partial charge on any atom is -0.479 e. The second-order valence-electron chi connectivity index (χ2n) is 1.10. The summed E-state index contributed by atoms with van der Waals surface area (Å²) in [5.74, 6) is -1.19. The van der Waals surface area contributed by atoms with Crippen molar-refractivity contribution in [3.05, 3.63) is 0 Å². The smallest absolute Gasteiger partial charge is 0.479 e. The second-order valence-corrected chi connectivity index (χ2v) is 1.26. The molecule has 0 aromatic heterocycles. The number of aliphatic carboxylic acids is 1. The Bertz CT molecular complexity index is 113. The number of carbonyl (C=O) groups is 1. The van der Waals surface area contributed by atoms with Crippen LogP contribution in [0.5, 0.6) is 0 Å². The first-order chi connectivity index (χ1) is 4.06. The van der Waals surface area contributed by atoms with Crippen molar-refractivity contribution in [3.8, 4) is 0 Å². The lowest BCUT2D eigenvalue weighted by molar-refractivity contribution is -0.145. The van der Waals surface area contributed by atoms with Crippen LogP contribution in [0, 0.1) is 0 Å². The van der Waals surface area contributed by atoms with E-state index in [0.29, 0.717) is 0 Å². The summed E-state index contributed by atoms with van der Waals surface area (Å²) in [6, 6.07) is 0. The van der Waals surface area contributed by atoms with Crippen LogP contribution in [0.15, 0.2) is 0 Å². The zero-order valence-electron chi connectivity index (χ0n) is 4.70. The molecule has 0 amide bonds. The number of aliphatic hydroxyl groups is 1. The molecule has 52 valence electrons. The van der Waals surface area contributed by atoms with Gasteiger partial charge in [-0.15, -0.1) is 0 Å². The van der Waals surface area contributed by atoms with E-state index in [9.17, 15) is 4.79 Å². The molecule has 0 saturated heterocycles. The van der Waals surface area contributed by atoms with Crippen molar-refractivity contribution < 1.29 is 23.9 Å². The summed E-state index contributed by atoms with van der Waals surface area (Å²) in [6.07, 6.45) is -1.23. The molecular formula is C3H6O5Si. The average Bonchev–Trinajstić information content (AvgIpc) is 1.68. The third-order valence-corrected chi connectivity index (χ3v) is 0.357. The van der Waals surface area contributed by atoms with Crippen molar-refractivity contribution in [1.29, 1.82) is 0 Å². The number of aliphatic hydroxyl groups excluding tert-OH is 1.